The van der Waals surface area contributed by atoms with Gasteiger partial charge in [-0.15, -0.1) is 0 Å². The molecule has 1 unspecified atom stereocenters. The normalized spacial score (nSPS) is 20.6. The first-order valence-electron chi connectivity index (χ1n) is 6.46. The summed E-state index contributed by atoms with van der Waals surface area (Å²) in [5, 5.41) is 6.12. The van der Waals surface area contributed by atoms with Crippen molar-refractivity contribution >= 4 is 5.91 Å². The summed E-state index contributed by atoms with van der Waals surface area (Å²) >= 11 is 0. The molecule has 1 aliphatic rings. The van der Waals surface area contributed by atoms with Crippen LogP contribution in [0.25, 0.3) is 0 Å². The zero-order valence-electron chi connectivity index (χ0n) is 11.3. The molecule has 5 heteroatoms. The summed E-state index contributed by atoms with van der Waals surface area (Å²) in [4.78, 5) is 12.0. The Labute approximate surface area is 113 Å². The van der Waals surface area contributed by atoms with E-state index in [4.69, 9.17) is 9.47 Å². The Morgan fingerprint density at radius 3 is 2.79 bits per heavy atom. The van der Waals surface area contributed by atoms with Crippen LogP contribution < -0.4 is 15.4 Å². The number of carbonyl (C=O) groups excluding carboxylic acids is 1. The van der Waals surface area contributed by atoms with Crippen LogP contribution in [0.4, 0.5) is 0 Å². The Bertz CT molecular complexity index is 413. The van der Waals surface area contributed by atoms with E-state index in [0.29, 0.717) is 13.2 Å². The van der Waals surface area contributed by atoms with Gasteiger partial charge in [0.2, 0.25) is 5.91 Å². The minimum atomic E-state index is -0.255. The number of benzene rings is 1. The highest BCUT2D eigenvalue weighted by molar-refractivity contribution is 5.82. The first kappa shape index (κ1) is 13.8. The molecule has 5 nitrogen and oxygen atoms in total. The summed E-state index contributed by atoms with van der Waals surface area (Å²) in [6.07, 6.45) is 0. The van der Waals surface area contributed by atoms with Gasteiger partial charge in [0.15, 0.2) is 0 Å². The Kier molecular flexibility index (Phi) is 4.76. The molecule has 19 heavy (non-hydrogen) atoms. The second-order valence-corrected chi connectivity index (χ2v) is 4.59. The molecule has 2 rings (SSSR count). The molecule has 0 saturated carbocycles. The van der Waals surface area contributed by atoms with Crippen molar-refractivity contribution in [2.24, 2.45) is 0 Å². The van der Waals surface area contributed by atoms with E-state index in [2.05, 4.69) is 10.6 Å². The lowest BCUT2D eigenvalue weighted by molar-refractivity contribution is -0.126. The molecule has 0 aliphatic carbocycles. The third kappa shape index (κ3) is 3.68. The van der Waals surface area contributed by atoms with Gasteiger partial charge in [-0.05, 0) is 24.6 Å². The van der Waals surface area contributed by atoms with Gasteiger partial charge in [0.1, 0.15) is 11.8 Å². The number of nitrogens with one attached hydrogen (secondary N) is 2. The first-order chi connectivity index (χ1) is 9.20. The molecule has 0 spiro atoms. The van der Waals surface area contributed by atoms with Gasteiger partial charge >= 0.3 is 0 Å². The monoisotopic (exact) mass is 264 g/mol. The molecule has 1 heterocycles. The highest BCUT2D eigenvalue weighted by Crippen LogP contribution is 2.17. The Hall–Kier alpha value is -1.59. The Morgan fingerprint density at radius 1 is 1.47 bits per heavy atom. The summed E-state index contributed by atoms with van der Waals surface area (Å²) in [5.41, 5.74) is 1.05. The number of hydrogen-bond acceptors (Lipinski definition) is 4. The van der Waals surface area contributed by atoms with Crippen molar-refractivity contribution in [3.8, 4) is 5.75 Å². The zero-order valence-corrected chi connectivity index (χ0v) is 11.3. The fraction of sp³-hybridized carbons (Fsp3) is 0.500. The smallest absolute Gasteiger partial charge is 0.240 e. The summed E-state index contributed by atoms with van der Waals surface area (Å²) in [6.45, 7) is 3.78. The van der Waals surface area contributed by atoms with Gasteiger partial charge in [0, 0.05) is 6.54 Å². The van der Waals surface area contributed by atoms with Crippen LogP contribution in [0.3, 0.4) is 0 Å². The molecule has 2 N–H and O–H groups in total. The molecule has 0 aromatic heterocycles. The van der Waals surface area contributed by atoms with Gasteiger partial charge in [-0.2, -0.15) is 0 Å². The van der Waals surface area contributed by atoms with E-state index in [-0.39, 0.29) is 18.0 Å². The van der Waals surface area contributed by atoms with Gasteiger partial charge in [-0.1, -0.05) is 12.1 Å². The van der Waals surface area contributed by atoms with Gasteiger partial charge in [-0.3, -0.25) is 4.79 Å². The van der Waals surface area contributed by atoms with Crippen molar-refractivity contribution in [1.82, 2.24) is 10.6 Å². The van der Waals surface area contributed by atoms with Crippen molar-refractivity contribution in [1.29, 1.82) is 0 Å². The van der Waals surface area contributed by atoms with Crippen LogP contribution in [-0.4, -0.2) is 38.8 Å². The van der Waals surface area contributed by atoms with E-state index in [0.717, 1.165) is 17.9 Å². The van der Waals surface area contributed by atoms with Crippen molar-refractivity contribution < 1.29 is 14.3 Å². The minimum Gasteiger partial charge on any atom is -0.497 e. The maximum Gasteiger partial charge on any atom is 0.240 e. The van der Waals surface area contributed by atoms with Crippen LogP contribution in [0.2, 0.25) is 0 Å². The van der Waals surface area contributed by atoms with Gasteiger partial charge in [0.05, 0.1) is 26.4 Å². The van der Waals surface area contributed by atoms with E-state index in [1.54, 1.807) is 7.11 Å². The summed E-state index contributed by atoms with van der Waals surface area (Å²) in [5.74, 6) is 0.785. The van der Waals surface area contributed by atoms with Crippen LogP contribution in [0, 0.1) is 0 Å². The van der Waals surface area contributed by atoms with Crippen molar-refractivity contribution in [2.75, 3.05) is 26.9 Å². The highest BCUT2D eigenvalue weighted by Gasteiger charge is 2.22. The van der Waals surface area contributed by atoms with Crippen molar-refractivity contribution in [3.63, 3.8) is 0 Å². The molecular weight excluding hydrogens is 244 g/mol. The van der Waals surface area contributed by atoms with E-state index >= 15 is 0 Å². The average Bonchev–Trinajstić information content (AvgIpc) is 2.48. The number of morpholine rings is 1. The number of hydrogen-bond donors (Lipinski definition) is 2. The first-order valence-corrected chi connectivity index (χ1v) is 6.46. The largest absolute Gasteiger partial charge is 0.497 e. The van der Waals surface area contributed by atoms with Gasteiger partial charge in [-0.25, -0.2) is 0 Å². The number of ether oxygens (including phenoxy) is 2. The van der Waals surface area contributed by atoms with E-state index in [9.17, 15) is 4.79 Å². The fourth-order valence-electron chi connectivity index (χ4n) is 2.02. The molecule has 1 aliphatic heterocycles. The molecule has 1 amide bonds. The van der Waals surface area contributed by atoms with Gasteiger partial charge < -0.3 is 20.1 Å². The van der Waals surface area contributed by atoms with Crippen LogP contribution in [0.1, 0.15) is 18.5 Å². The summed E-state index contributed by atoms with van der Waals surface area (Å²) in [6, 6.07) is 7.39. The number of rotatable bonds is 4. The standard InChI is InChI=1S/C14H20N2O3/c1-10(11-3-5-12(18-2)6-4-11)16-14(17)13-9-19-8-7-15-13/h3-6,10,13,15H,7-9H2,1-2H3,(H,16,17)/t10-,13?/m0/s1. The predicted octanol–water partition coefficient (Wildman–Crippen LogP) is 0.861. The molecule has 2 atom stereocenters. The highest BCUT2D eigenvalue weighted by atomic mass is 16.5. The summed E-state index contributed by atoms with van der Waals surface area (Å²) in [7, 11) is 1.63. The molecule has 1 fully saturated rings. The fourth-order valence-corrected chi connectivity index (χ4v) is 2.02. The topological polar surface area (TPSA) is 59.6 Å². The number of methoxy groups -OCH3 is 1. The maximum atomic E-state index is 12.0. The van der Waals surface area contributed by atoms with Crippen LogP contribution in [-0.2, 0) is 9.53 Å². The van der Waals surface area contributed by atoms with Crippen LogP contribution >= 0.6 is 0 Å². The van der Waals surface area contributed by atoms with Crippen LogP contribution in [0.15, 0.2) is 24.3 Å². The second-order valence-electron chi connectivity index (χ2n) is 4.59. The zero-order chi connectivity index (χ0) is 13.7. The van der Waals surface area contributed by atoms with Crippen molar-refractivity contribution in [3.05, 3.63) is 29.8 Å². The van der Waals surface area contributed by atoms with E-state index < -0.39 is 0 Å². The quantitative estimate of drug-likeness (QED) is 0.847. The van der Waals surface area contributed by atoms with Crippen LogP contribution in [0.5, 0.6) is 5.75 Å². The second kappa shape index (κ2) is 6.54. The number of amides is 1. The summed E-state index contributed by atoms with van der Waals surface area (Å²) < 4.78 is 10.4. The van der Waals surface area contributed by atoms with E-state index in [1.165, 1.54) is 0 Å². The lowest BCUT2D eigenvalue weighted by Gasteiger charge is -2.25. The molecule has 0 bridgehead atoms. The SMILES string of the molecule is COc1ccc([C@H](C)NC(=O)C2COCCN2)cc1. The third-order valence-corrected chi connectivity index (χ3v) is 3.21. The molecule has 1 saturated heterocycles. The average molecular weight is 264 g/mol. The molecule has 1 aromatic rings. The minimum absolute atomic E-state index is 0.0250. The number of carbonyl (C=O) groups is 1. The molecule has 0 radical (unpaired) electrons. The Morgan fingerprint density at radius 2 is 2.21 bits per heavy atom. The molecule has 104 valence electrons. The van der Waals surface area contributed by atoms with Gasteiger partial charge in [0.25, 0.3) is 0 Å². The lowest BCUT2D eigenvalue weighted by Crippen LogP contribution is -2.51. The molecular formula is C14H20N2O3. The van der Waals surface area contributed by atoms with E-state index in [1.807, 2.05) is 31.2 Å². The maximum absolute atomic E-state index is 12.0. The Balaban J connectivity index is 1.91. The third-order valence-electron chi connectivity index (χ3n) is 3.21. The predicted molar refractivity (Wildman–Crippen MR) is 72.2 cm³/mol. The lowest BCUT2D eigenvalue weighted by atomic mass is 10.1. The molecule has 1 aromatic carbocycles. The van der Waals surface area contributed by atoms with Crippen molar-refractivity contribution in [2.45, 2.75) is 19.0 Å².